The third kappa shape index (κ3) is 4.19. The maximum atomic E-state index is 12.4. The number of nitrogens with zero attached hydrogens (tertiary/aromatic N) is 2. The molecule has 0 saturated carbocycles. The number of rotatable bonds is 6. The van der Waals surface area contributed by atoms with Crippen LogP contribution in [-0.2, 0) is 20.4 Å². The molecule has 1 amide bonds. The van der Waals surface area contributed by atoms with Crippen molar-refractivity contribution in [2.75, 3.05) is 5.32 Å². The summed E-state index contributed by atoms with van der Waals surface area (Å²) in [6.45, 7) is 5.26. The molecule has 1 aromatic carbocycles. The molecule has 0 aliphatic heterocycles. The van der Waals surface area contributed by atoms with Crippen molar-refractivity contribution in [3.8, 4) is 0 Å². The van der Waals surface area contributed by atoms with Crippen LogP contribution in [0.25, 0.3) is 0 Å². The Morgan fingerprint density at radius 1 is 1.17 bits per heavy atom. The lowest BCUT2D eigenvalue weighted by atomic mass is 10.2. The Labute approximate surface area is 136 Å². The second kappa shape index (κ2) is 6.95. The number of hydrogen-bond acceptors (Lipinski definition) is 4. The zero-order valence-electron chi connectivity index (χ0n) is 13.4. The SMILES string of the molecule is CC(C)n1nccc1NC(=O)[C@H](C)S(=O)(=O)Cc1ccccc1. The molecule has 0 radical (unpaired) electrons. The molecule has 1 N–H and O–H groups in total. The van der Waals surface area contributed by atoms with E-state index < -0.39 is 21.0 Å². The van der Waals surface area contributed by atoms with Gasteiger partial charge in [-0.25, -0.2) is 13.1 Å². The maximum absolute atomic E-state index is 12.4. The first kappa shape index (κ1) is 17.2. The molecule has 1 atom stereocenters. The number of anilines is 1. The zero-order valence-corrected chi connectivity index (χ0v) is 14.2. The van der Waals surface area contributed by atoms with Crippen LogP contribution in [0.3, 0.4) is 0 Å². The van der Waals surface area contributed by atoms with Crippen LogP contribution >= 0.6 is 0 Å². The average Bonchev–Trinajstić information content (AvgIpc) is 2.95. The van der Waals surface area contributed by atoms with E-state index in [0.717, 1.165) is 0 Å². The lowest BCUT2D eigenvalue weighted by Crippen LogP contribution is -2.34. The molecule has 2 rings (SSSR count). The summed E-state index contributed by atoms with van der Waals surface area (Å²) in [4.78, 5) is 12.3. The number of hydrogen-bond donors (Lipinski definition) is 1. The summed E-state index contributed by atoms with van der Waals surface area (Å²) in [6.07, 6.45) is 1.57. The van der Waals surface area contributed by atoms with Crippen LogP contribution in [0, 0.1) is 0 Å². The average molecular weight is 335 g/mol. The number of aromatic nitrogens is 2. The molecule has 6 nitrogen and oxygen atoms in total. The first-order chi connectivity index (χ1) is 10.8. The number of amides is 1. The van der Waals surface area contributed by atoms with Gasteiger partial charge in [0.2, 0.25) is 5.91 Å². The van der Waals surface area contributed by atoms with Gasteiger partial charge < -0.3 is 5.32 Å². The highest BCUT2D eigenvalue weighted by molar-refractivity contribution is 7.92. The number of nitrogens with one attached hydrogen (secondary N) is 1. The van der Waals surface area contributed by atoms with Crippen molar-refractivity contribution in [2.24, 2.45) is 0 Å². The normalized spacial score (nSPS) is 13.0. The van der Waals surface area contributed by atoms with Crippen molar-refractivity contribution in [1.29, 1.82) is 0 Å². The van der Waals surface area contributed by atoms with Crippen molar-refractivity contribution < 1.29 is 13.2 Å². The lowest BCUT2D eigenvalue weighted by molar-refractivity contribution is -0.115. The van der Waals surface area contributed by atoms with Crippen LogP contribution in [0.2, 0.25) is 0 Å². The predicted molar refractivity (Wildman–Crippen MR) is 89.8 cm³/mol. The number of carbonyl (C=O) groups excluding carboxylic acids is 1. The van der Waals surface area contributed by atoms with E-state index in [1.165, 1.54) is 6.92 Å². The maximum Gasteiger partial charge on any atom is 0.243 e. The van der Waals surface area contributed by atoms with Gasteiger partial charge in [-0.05, 0) is 26.3 Å². The molecule has 0 fully saturated rings. The molecule has 0 aliphatic rings. The van der Waals surface area contributed by atoms with Crippen LogP contribution in [0.1, 0.15) is 32.4 Å². The van der Waals surface area contributed by atoms with E-state index in [0.29, 0.717) is 11.4 Å². The van der Waals surface area contributed by atoms with Crippen molar-refractivity contribution >= 4 is 21.6 Å². The van der Waals surface area contributed by atoms with Gasteiger partial charge in [-0.1, -0.05) is 30.3 Å². The zero-order chi connectivity index (χ0) is 17.0. The third-order valence-electron chi connectivity index (χ3n) is 3.53. The summed E-state index contributed by atoms with van der Waals surface area (Å²) in [5, 5.41) is 5.62. The molecule has 7 heteroatoms. The minimum atomic E-state index is -3.59. The van der Waals surface area contributed by atoms with E-state index in [9.17, 15) is 13.2 Å². The molecule has 1 aromatic heterocycles. The first-order valence-electron chi connectivity index (χ1n) is 7.41. The molecule has 2 aromatic rings. The van der Waals surface area contributed by atoms with Gasteiger partial charge in [-0.2, -0.15) is 5.10 Å². The van der Waals surface area contributed by atoms with Gasteiger partial charge in [-0.15, -0.1) is 0 Å². The second-order valence-corrected chi connectivity index (χ2v) is 8.00. The summed E-state index contributed by atoms with van der Waals surface area (Å²) in [6, 6.07) is 10.5. The molecule has 0 unspecified atom stereocenters. The van der Waals surface area contributed by atoms with E-state index in [1.54, 1.807) is 41.2 Å². The first-order valence-corrected chi connectivity index (χ1v) is 9.12. The summed E-state index contributed by atoms with van der Waals surface area (Å²) in [5.74, 6) is -0.221. The topological polar surface area (TPSA) is 81.1 Å². The highest BCUT2D eigenvalue weighted by Gasteiger charge is 2.28. The molecular formula is C16H21N3O3S. The van der Waals surface area contributed by atoms with Crippen molar-refractivity contribution in [2.45, 2.75) is 37.8 Å². The van der Waals surface area contributed by atoms with Gasteiger partial charge in [0.05, 0.1) is 11.9 Å². The predicted octanol–water partition coefficient (Wildman–Crippen LogP) is 2.41. The van der Waals surface area contributed by atoms with Gasteiger partial charge in [0.1, 0.15) is 11.1 Å². The number of sulfone groups is 1. The number of benzene rings is 1. The van der Waals surface area contributed by atoms with Crippen molar-refractivity contribution in [1.82, 2.24) is 9.78 Å². The summed E-state index contributed by atoms with van der Waals surface area (Å²) >= 11 is 0. The third-order valence-corrected chi connectivity index (χ3v) is 5.56. The fourth-order valence-electron chi connectivity index (χ4n) is 2.15. The lowest BCUT2D eigenvalue weighted by Gasteiger charge is -2.15. The minimum absolute atomic E-state index is 0.0662. The quantitative estimate of drug-likeness (QED) is 0.879. The molecule has 0 spiro atoms. The fraction of sp³-hybridized carbons (Fsp3) is 0.375. The Hall–Kier alpha value is -2.15. The molecule has 1 heterocycles. The van der Waals surface area contributed by atoms with E-state index in [2.05, 4.69) is 10.4 Å². The Morgan fingerprint density at radius 2 is 1.83 bits per heavy atom. The minimum Gasteiger partial charge on any atom is -0.310 e. The van der Waals surface area contributed by atoms with Gasteiger partial charge in [-0.3, -0.25) is 4.79 Å². The monoisotopic (exact) mass is 335 g/mol. The Bertz CT molecular complexity index is 767. The Kier molecular flexibility index (Phi) is 5.20. The van der Waals surface area contributed by atoms with Gasteiger partial charge in [0, 0.05) is 12.1 Å². The smallest absolute Gasteiger partial charge is 0.243 e. The Morgan fingerprint density at radius 3 is 2.43 bits per heavy atom. The molecular weight excluding hydrogens is 314 g/mol. The van der Waals surface area contributed by atoms with Crippen LogP contribution in [-0.4, -0.2) is 29.4 Å². The summed E-state index contributed by atoms with van der Waals surface area (Å²) in [7, 11) is -3.59. The van der Waals surface area contributed by atoms with E-state index >= 15 is 0 Å². The number of carbonyl (C=O) groups is 1. The summed E-state index contributed by atoms with van der Waals surface area (Å²) < 4.78 is 26.4. The van der Waals surface area contributed by atoms with Crippen molar-refractivity contribution in [3.05, 3.63) is 48.2 Å². The highest BCUT2D eigenvalue weighted by Crippen LogP contribution is 2.16. The van der Waals surface area contributed by atoms with Crippen LogP contribution in [0.4, 0.5) is 5.82 Å². The van der Waals surface area contributed by atoms with Gasteiger partial charge in [0.15, 0.2) is 9.84 Å². The summed E-state index contributed by atoms with van der Waals surface area (Å²) in [5.41, 5.74) is 0.666. The molecule has 23 heavy (non-hydrogen) atoms. The van der Waals surface area contributed by atoms with Gasteiger partial charge >= 0.3 is 0 Å². The van der Waals surface area contributed by atoms with E-state index in [4.69, 9.17) is 0 Å². The van der Waals surface area contributed by atoms with Crippen LogP contribution in [0.5, 0.6) is 0 Å². The fourth-order valence-corrected chi connectivity index (χ4v) is 3.44. The van der Waals surface area contributed by atoms with E-state index in [1.807, 2.05) is 19.9 Å². The largest absolute Gasteiger partial charge is 0.310 e. The van der Waals surface area contributed by atoms with Gasteiger partial charge in [0.25, 0.3) is 0 Å². The van der Waals surface area contributed by atoms with E-state index in [-0.39, 0.29) is 11.8 Å². The molecule has 0 bridgehead atoms. The highest BCUT2D eigenvalue weighted by atomic mass is 32.2. The van der Waals surface area contributed by atoms with Crippen LogP contribution in [0.15, 0.2) is 42.6 Å². The molecule has 0 saturated heterocycles. The molecule has 0 aliphatic carbocycles. The standard InChI is InChI=1S/C16H21N3O3S/c1-12(2)19-15(9-10-17-19)18-16(20)13(3)23(21,22)11-14-7-5-4-6-8-14/h4-10,12-13H,11H2,1-3H3,(H,18,20)/t13-/m0/s1. The van der Waals surface area contributed by atoms with Crippen LogP contribution < -0.4 is 5.32 Å². The molecule has 124 valence electrons. The second-order valence-electron chi connectivity index (χ2n) is 5.68. The Balaban J connectivity index is 2.11. The van der Waals surface area contributed by atoms with Crippen molar-refractivity contribution in [3.63, 3.8) is 0 Å².